The molecule has 1 aromatic rings. The first kappa shape index (κ1) is 14.5. The number of thiocyanates is 1. The number of piperidine rings is 1. The molecule has 1 saturated heterocycles. The summed E-state index contributed by atoms with van der Waals surface area (Å²) in [6.45, 7) is 4.08. The maximum atomic E-state index is 11.3. The molecule has 7 nitrogen and oxygen atoms in total. The Labute approximate surface area is 121 Å². The van der Waals surface area contributed by atoms with Gasteiger partial charge in [-0.1, -0.05) is 0 Å². The van der Waals surface area contributed by atoms with Crippen LogP contribution in [0.25, 0.3) is 0 Å². The lowest BCUT2D eigenvalue weighted by atomic mass is 9.97. The molecule has 0 aliphatic carbocycles. The number of hydrogen-bond acceptors (Lipinski definition) is 7. The van der Waals surface area contributed by atoms with Gasteiger partial charge in [0.2, 0.25) is 5.82 Å². The Morgan fingerprint density at radius 1 is 1.45 bits per heavy atom. The molecular formula is C12H15N5O2S. The molecule has 0 amide bonds. The Balaban J connectivity index is 2.52. The molecule has 1 fully saturated rings. The van der Waals surface area contributed by atoms with E-state index in [1.807, 2.05) is 24.1 Å². The molecule has 0 bridgehead atoms. The number of nitriles is 1. The van der Waals surface area contributed by atoms with Crippen LogP contribution in [0.3, 0.4) is 0 Å². The lowest BCUT2D eigenvalue weighted by molar-refractivity contribution is -0.387. The topological polar surface area (TPSA) is 96.0 Å². The number of nitrogens with zero attached hydrogens (tertiary/aromatic N) is 5. The molecule has 106 valence electrons. The zero-order valence-corrected chi connectivity index (χ0v) is 12.1. The van der Waals surface area contributed by atoms with Crippen LogP contribution in [0.2, 0.25) is 0 Å². The summed E-state index contributed by atoms with van der Waals surface area (Å²) < 4.78 is 0. The van der Waals surface area contributed by atoms with Crippen molar-refractivity contribution in [2.75, 3.05) is 4.90 Å². The summed E-state index contributed by atoms with van der Waals surface area (Å²) in [5.41, 5.74) is -0.167. The summed E-state index contributed by atoms with van der Waals surface area (Å²) in [7, 11) is 0. The minimum Gasteiger partial charge on any atom is -0.345 e. The van der Waals surface area contributed by atoms with Gasteiger partial charge in [0.15, 0.2) is 5.03 Å². The highest BCUT2D eigenvalue weighted by Gasteiger charge is 2.34. The normalized spacial score (nSPS) is 22.4. The van der Waals surface area contributed by atoms with Crippen LogP contribution in [0.5, 0.6) is 0 Å². The molecule has 2 rings (SSSR count). The first-order valence-electron chi connectivity index (χ1n) is 6.40. The first-order valence-corrected chi connectivity index (χ1v) is 7.21. The molecule has 0 N–H and O–H groups in total. The van der Waals surface area contributed by atoms with Crippen LogP contribution in [0, 0.1) is 20.8 Å². The minimum atomic E-state index is -0.497. The van der Waals surface area contributed by atoms with Crippen molar-refractivity contribution in [3.8, 4) is 5.40 Å². The number of aromatic nitrogens is 2. The highest BCUT2D eigenvalue weighted by atomic mass is 32.2. The predicted octanol–water partition coefficient (Wildman–Crippen LogP) is 2.73. The second-order valence-electron chi connectivity index (χ2n) is 4.84. The van der Waals surface area contributed by atoms with E-state index in [1.54, 1.807) is 0 Å². The molecule has 2 heterocycles. The van der Waals surface area contributed by atoms with Crippen molar-refractivity contribution in [3.63, 3.8) is 0 Å². The van der Waals surface area contributed by atoms with Gasteiger partial charge in [-0.25, -0.2) is 9.97 Å². The van der Waals surface area contributed by atoms with Crippen molar-refractivity contribution in [2.24, 2.45) is 0 Å². The van der Waals surface area contributed by atoms with Crippen LogP contribution in [0.15, 0.2) is 11.4 Å². The van der Waals surface area contributed by atoms with Crippen molar-refractivity contribution in [1.82, 2.24) is 9.97 Å². The molecule has 0 saturated carbocycles. The highest BCUT2D eigenvalue weighted by Crippen LogP contribution is 2.38. The molecule has 0 spiro atoms. The Hall–Kier alpha value is -1.88. The maximum Gasteiger partial charge on any atom is 0.344 e. The van der Waals surface area contributed by atoms with Crippen LogP contribution in [-0.2, 0) is 0 Å². The Morgan fingerprint density at radius 3 is 2.65 bits per heavy atom. The average Bonchev–Trinajstić information content (AvgIpc) is 2.38. The summed E-state index contributed by atoms with van der Waals surface area (Å²) in [6.07, 6.45) is 4.35. The standard InChI is InChI=1S/C12H15N5O2S/c1-8-4-3-5-9(2)16(8)11-10(17(18)19)12(20-6-13)15-7-14-11/h7-9H,3-5H2,1-2H3. The molecule has 0 radical (unpaired) electrons. The largest absolute Gasteiger partial charge is 0.345 e. The molecule has 0 aromatic carbocycles. The van der Waals surface area contributed by atoms with E-state index in [9.17, 15) is 10.1 Å². The van der Waals surface area contributed by atoms with Gasteiger partial charge >= 0.3 is 5.69 Å². The fourth-order valence-corrected chi connectivity index (χ4v) is 3.11. The molecule has 20 heavy (non-hydrogen) atoms. The van der Waals surface area contributed by atoms with E-state index in [0.717, 1.165) is 19.3 Å². The third-order valence-electron chi connectivity index (χ3n) is 3.53. The smallest absolute Gasteiger partial charge is 0.344 e. The number of rotatable bonds is 3. The van der Waals surface area contributed by atoms with Crippen molar-refractivity contribution >= 4 is 23.3 Å². The first-order chi connectivity index (χ1) is 9.56. The monoisotopic (exact) mass is 293 g/mol. The van der Waals surface area contributed by atoms with E-state index in [4.69, 9.17) is 5.26 Å². The van der Waals surface area contributed by atoms with Gasteiger partial charge in [0, 0.05) is 23.8 Å². The predicted molar refractivity (Wildman–Crippen MR) is 75.4 cm³/mol. The molecule has 1 aliphatic heterocycles. The lowest BCUT2D eigenvalue weighted by Gasteiger charge is -2.39. The highest BCUT2D eigenvalue weighted by molar-refractivity contribution is 8.03. The van der Waals surface area contributed by atoms with E-state index >= 15 is 0 Å². The summed E-state index contributed by atoms with van der Waals surface area (Å²) >= 11 is 0.697. The summed E-state index contributed by atoms with van der Waals surface area (Å²) in [4.78, 5) is 20.8. The maximum absolute atomic E-state index is 11.3. The number of hydrogen-bond donors (Lipinski definition) is 0. The van der Waals surface area contributed by atoms with Gasteiger partial charge in [0.05, 0.1) is 4.92 Å². The van der Waals surface area contributed by atoms with Gasteiger partial charge in [0.25, 0.3) is 0 Å². The average molecular weight is 293 g/mol. The van der Waals surface area contributed by atoms with Gasteiger partial charge in [0.1, 0.15) is 11.7 Å². The van der Waals surface area contributed by atoms with Crippen LogP contribution in [0.1, 0.15) is 33.1 Å². The van der Waals surface area contributed by atoms with Gasteiger partial charge in [-0.3, -0.25) is 10.1 Å². The minimum absolute atomic E-state index is 0.104. The zero-order valence-electron chi connectivity index (χ0n) is 11.3. The fourth-order valence-electron chi connectivity index (χ4n) is 2.66. The lowest BCUT2D eigenvalue weighted by Crippen LogP contribution is -2.44. The summed E-state index contributed by atoms with van der Waals surface area (Å²) in [6, 6.07) is 0.375. The van der Waals surface area contributed by atoms with Crippen molar-refractivity contribution in [2.45, 2.75) is 50.2 Å². The van der Waals surface area contributed by atoms with Crippen molar-refractivity contribution < 1.29 is 4.92 Å². The van der Waals surface area contributed by atoms with E-state index in [2.05, 4.69) is 9.97 Å². The third kappa shape index (κ3) is 2.67. The summed E-state index contributed by atoms with van der Waals surface area (Å²) in [5.74, 6) is 0.322. The van der Waals surface area contributed by atoms with Crippen LogP contribution in [0.4, 0.5) is 11.5 Å². The van der Waals surface area contributed by atoms with Crippen molar-refractivity contribution in [3.05, 3.63) is 16.4 Å². The quantitative estimate of drug-likeness (QED) is 0.278. The van der Waals surface area contributed by atoms with E-state index in [0.29, 0.717) is 17.6 Å². The van der Waals surface area contributed by atoms with Crippen LogP contribution in [-0.4, -0.2) is 27.0 Å². The summed E-state index contributed by atoms with van der Waals surface area (Å²) in [5, 5.41) is 22.0. The van der Waals surface area contributed by atoms with E-state index in [1.165, 1.54) is 6.33 Å². The second-order valence-corrected chi connectivity index (χ2v) is 5.61. The number of anilines is 1. The molecule has 2 unspecified atom stereocenters. The Morgan fingerprint density at radius 2 is 2.10 bits per heavy atom. The van der Waals surface area contributed by atoms with Crippen LogP contribution >= 0.6 is 11.8 Å². The van der Waals surface area contributed by atoms with Gasteiger partial charge in [-0.2, -0.15) is 5.26 Å². The van der Waals surface area contributed by atoms with E-state index in [-0.39, 0.29) is 22.8 Å². The molecule has 8 heteroatoms. The zero-order chi connectivity index (χ0) is 14.7. The van der Waals surface area contributed by atoms with Gasteiger partial charge in [-0.05, 0) is 33.1 Å². The van der Waals surface area contributed by atoms with E-state index < -0.39 is 4.92 Å². The van der Waals surface area contributed by atoms with Gasteiger partial charge < -0.3 is 4.90 Å². The molecular weight excluding hydrogens is 278 g/mol. The molecule has 2 atom stereocenters. The molecule has 1 aliphatic rings. The van der Waals surface area contributed by atoms with Gasteiger partial charge in [-0.15, -0.1) is 0 Å². The fraction of sp³-hybridized carbons (Fsp3) is 0.583. The van der Waals surface area contributed by atoms with Crippen LogP contribution < -0.4 is 4.90 Å². The third-order valence-corrected chi connectivity index (χ3v) is 4.12. The number of nitro groups is 1. The Kier molecular flexibility index (Phi) is 4.39. The van der Waals surface area contributed by atoms with Crippen molar-refractivity contribution in [1.29, 1.82) is 5.26 Å². The second kappa shape index (κ2) is 6.05. The number of thioether (sulfide) groups is 1. The SMILES string of the molecule is CC1CCCC(C)N1c1ncnc(SC#N)c1[N+](=O)[O-]. The molecule has 1 aromatic heterocycles. The Bertz CT molecular complexity index is 549.